The Labute approximate surface area is 62.3 Å². The molecule has 3 atom stereocenters. The molecule has 56 valence electrons. The molecule has 1 nitrogen and oxygen atoms in total. The Morgan fingerprint density at radius 1 is 1.22 bits per heavy atom. The molecule has 0 aliphatic rings. The summed E-state index contributed by atoms with van der Waals surface area (Å²) in [5.41, 5.74) is 0. The highest BCUT2D eigenvalue weighted by molar-refractivity contribution is 6.20. The van der Waals surface area contributed by atoms with E-state index in [1.54, 1.807) is 7.11 Å². The van der Waals surface area contributed by atoms with Crippen LogP contribution in [0, 0.1) is 5.92 Å². The Bertz CT molecular complexity index is 73.3. The van der Waals surface area contributed by atoms with Crippen molar-refractivity contribution < 1.29 is 4.74 Å². The zero-order valence-electron chi connectivity index (χ0n) is 6.52. The van der Waals surface area contributed by atoms with Crippen molar-refractivity contribution in [3.05, 3.63) is 0 Å². The number of methoxy groups -OCH3 is 1. The minimum absolute atomic E-state index is 0.194. The van der Waals surface area contributed by atoms with E-state index in [-0.39, 0.29) is 11.5 Å². The van der Waals surface area contributed by atoms with E-state index < -0.39 is 0 Å². The van der Waals surface area contributed by atoms with Crippen molar-refractivity contribution in [3.8, 4) is 0 Å². The van der Waals surface area contributed by atoms with Crippen molar-refractivity contribution in [1.82, 2.24) is 0 Å². The van der Waals surface area contributed by atoms with E-state index >= 15 is 0 Å². The smallest absolute Gasteiger partial charge is 0.0582 e. The van der Waals surface area contributed by atoms with Crippen LogP contribution in [0.4, 0.5) is 0 Å². The highest BCUT2D eigenvalue weighted by Gasteiger charge is 2.15. The molecule has 0 radical (unpaired) electrons. The minimum atomic E-state index is 0.194. The third kappa shape index (κ3) is 3.07. The van der Waals surface area contributed by atoms with Gasteiger partial charge in [0.15, 0.2) is 0 Å². The summed E-state index contributed by atoms with van der Waals surface area (Å²) in [5, 5.41) is 0.194. The minimum Gasteiger partial charge on any atom is -0.381 e. The number of ether oxygens (including phenoxy) is 1. The van der Waals surface area contributed by atoms with Gasteiger partial charge in [-0.2, -0.15) is 0 Å². The van der Waals surface area contributed by atoms with Gasteiger partial charge in [0.2, 0.25) is 0 Å². The molecule has 0 aromatic rings. The summed E-state index contributed by atoms with van der Waals surface area (Å²) in [7, 11) is 1.71. The fourth-order valence-corrected chi connectivity index (χ4v) is 0.793. The Morgan fingerprint density at radius 3 is 1.78 bits per heavy atom. The summed E-state index contributed by atoms with van der Waals surface area (Å²) < 4.78 is 5.09. The molecule has 0 saturated carbocycles. The SMILES string of the molecule is CO[C@@H](C)[C@H](C)[C@H](C)Cl. The second kappa shape index (κ2) is 4.13. The van der Waals surface area contributed by atoms with Gasteiger partial charge in [-0.15, -0.1) is 11.6 Å². The van der Waals surface area contributed by atoms with Crippen molar-refractivity contribution in [3.63, 3.8) is 0 Å². The summed E-state index contributed by atoms with van der Waals surface area (Å²) in [6.45, 7) is 6.11. The molecule has 0 aromatic heterocycles. The van der Waals surface area contributed by atoms with Gasteiger partial charge in [-0.05, 0) is 19.8 Å². The van der Waals surface area contributed by atoms with Crippen LogP contribution in [0.5, 0.6) is 0 Å². The van der Waals surface area contributed by atoms with Crippen molar-refractivity contribution >= 4 is 11.6 Å². The number of hydrogen-bond donors (Lipinski definition) is 0. The first-order valence-electron chi connectivity index (χ1n) is 3.26. The predicted molar refractivity (Wildman–Crippen MR) is 41.0 cm³/mol. The first-order chi connectivity index (χ1) is 4.09. The second-order valence-electron chi connectivity index (χ2n) is 2.48. The maximum atomic E-state index is 5.82. The summed E-state index contributed by atoms with van der Waals surface area (Å²) in [6, 6.07) is 0. The Balaban J connectivity index is 3.58. The number of alkyl halides is 1. The van der Waals surface area contributed by atoms with Crippen LogP contribution in [0.2, 0.25) is 0 Å². The van der Waals surface area contributed by atoms with Gasteiger partial charge >= 0.3 is 0 Å². The van der Waals surface area contributed by atoms with Crippen molar-refractivity contribution in [2.24, 2.45) is 5.92 Å². The summed E-state index contributed by atoms with van der Waals surface area (Å²) in [6.07, 6.45) is 0.262. The predicted octanol–water partition coefficient (Wildman–Crippen LogP) is 2.28. The molecule has 0 amide bonds. The van der Waals surface area contributed by atoms with Gasteiger partial charge in [0.1, 0.15) is 0 Å². The summed E-state index contributed by atoms with van der Waals surface area (Å²) in [4.78, 5) is 0. The molecule has 0 unspecified atom stereocenters. The molecule has 0 saturated heterocycles. The Kier molecular flexibility index (Phi) is 4.24. The van der Waals surface area contributed by atoms with Crippen LogP contribution in [0.3, 0.4) is 0 Å². The second-order valence-corrected chi connectivity index (χ2v) is 3.17. The molecular formula is C7H15ClO. The molecule has 2 heteroatoms. The van der Waals surface area contributed by atoms with Crippen LogP contribution in [-0.4, -0.2) is 18.6 Å². The van der Waals surface area contributed by atoms with E-state index in [1.165, 1.54) is 0 Å². The lowest BCUT2D eigenvalue weighted by Gasteiger charge is -2.19. The van der Waals surface area contributed by atoms with Crippen LogP contribution >= 0.6 is 11.6 Å². The zero-order chi connectivity index (χ0) is 7.44. The van der Waals surface area contributed by atoms with Gasteiger partial charge in [0, 0.05) is 12.5 Å². The van der Waals surface area contributed by atoms with E-state index in [9.17, 15) is 0 Å². The average molecular weight is 151 g/mol. The normalized spacial score (nSPS) is 21.0. The third-order valence-corrected chi connectivity index (χ3v) is 2.23. The molecule has 0 rings (SSSR count). The lowest BCUT2D eigenvalue weighted by molar-refractivity contribution is 0.0737. The van der Waals surface area contributed by atoms with E-state index in [0.717, 1.165) is 0 Å². The fraction of sp³-hybridized carbons (Fsp3) is 1.00. The van der Waals surface area contributed by atoms with E-state index in [0.29, 0.717) is 5.92 Å². The monoisotopic (exact) mass is 150 g/mol. The fourth-order valence-electron chi connectivity index (χ4n) is 0.588. The first kappa shape index (κ1) is 9.25. The number of hydrogen-bond acceptors (Lipinski definition) is 1. The lowest BCUT2D eigenvalue weighted by atomic mass is 10.0. The first-order valence-corrected chi connectivity index (χ1v) is 3.70. The zero-order valence-corrected chi connectivity index (χ0v) is 7.27. The quantitative estimate of drug-likeness (QED) is 0.561. The molecule has 0 N–H and O–H groups in total. The largest absolute Gasteiger partial charge is 0.381 e. The van der Waals surface area contributed by atoms with Gasteiger partial charge in [-0.3, -0.25) is 0 Å². The van der Waals surface area contributed by atoms with Crippen LogP contribution in [0.1, 0.15) is 20.8 Å². The van der Waals surface area contributed by atoms with Gasteiger partial charge in [0.25, 0.3) is 0 Å². The number of rotatable bonds is 3. The summed E-state index contributed by atoms with van der Waals surface area (Å²) in [5.74, 6) is 0.427. The number of halogens is 1. The molecule has 9 heavy (non-hydrogen) atoms. The Hall–Kier alpha value is 0.250. The maximum Gasteiger partial charge on any atom is 0.0582 e. The molecule has 0 spiro atoms. The van der Waals surface area contributed by atoms with Gasteiger partial charge in [-0.1, -0.05) is 6.92 Å². The highest BCUT2D eigenvalue weighted by Crippen LogP contribution is 2.15. The van der Waals surface area contributed by atoms with Gasteiger partial charge in [0.05, 0.1) is 6.10 Å². The molecule has 0 aromatic carbocycles. The molecule has 0 aliphatic heterocycles. The molecule has 0 fully saturated rings. The van der Waals surface area contributed by atoms with E-state index in [4.69, 9.17) is 16.3 Å². The van der Waals surface area contributed by atoms with Crippen LogP contribution in [0.15, 0.2) is 0 Å². The average Bonchev–Trinajstić information content (AvgIpc) is 1.84. The Morgan fingerprint density at radius 2 is 1.67 bits per heavy atom. The van der Waals surface area contributed by atoms with Gasteiger partial charge in [-0.25, -0.2) is 0 Å². The lowest BCUT2D eigenvalue weighted by Crippen LogP contribution is -2.22. The molecule has 0 bridgehead atoms. The summed E-state index contributed by atoms with van der Waals surface area (Å²) >= 11 is 5.82. The molecule has 0 aliphatic carbocycles. The molecular weight excluding hydrogens is 136 g/mol. The van der Waals surface area contributed by atoms with Crippen molar-refractivity contribution in [2.45, 2.75) is 32.3 Å². The van der Waals surface area contributed by atoms with Gasteiger partial charge < -0.3 is 4.74 Å². The van der Waals surface area contributed by atoms with Crippen molar-refractivity contribution in [2.75, 3.05) is 7.11 Å². The van der Waals surface area contributed by atoms with Crippen LogP contribution < -0.4 is 0 Å². The third-order valence-electron chi connectivity index (χ3n) is 1.84. The molecule has 0 heterocycles. The van der Waals surface area contributed by atoms with Crippen LogP contribution in [0.25, 0.3) is 0 Å². The van der Waals surface area contributed by atoms with E-state index in [1.807, 2.05) is 13.8 Å². The van der Waals surface area contributed by atoms with Crippen molar-refractivity contribution in [1.29, 1.82) is 0 Å². The topological polar surface area (TPSA) is 9.23 Å². The highest BCUT2D eigenvalue weighted by atomic mass is 35.5. The maximum absolute atomic E-state index is 5.82. The standard InChI is InChI=1S/C7H15ClO/c1-5(6(2)8)7(3)9-4/h5-7H,1-4H3/t5-,6+,7+/m1/s1. The van der Waals surface area contributed by atoms with Crippen LogP contribution in [-0.2, 0) is 4.74 Å². The van der Waals surface area contributed by atoms with E-state index in [2.05, 4.69) is 6.92 Å².